The highest BCUT2D eigenvalue weighted by Crippen LogP contribution is 2.16. The summed E-state index contributed by atoms with van der Waals surface area (Å²) >= 11 is 0. The molecular weight excluding hydrogens is 142 g/mol. The maximum absolute atomic E-state index is 11.4. The summed E-state index contributed by atoms with van der Waals surface area (Å²) in [5.41, 5.74) is -0.355. The normalized spacial score (nSPS) is 11.4. The van der Waals surface area contributed by atoms with E-state index in [1.807, 2.05) is 27.7 Å². The molecule has 0 aliphatic carbocycles. The fourth-order valence-electron chi connectivity index (χ4n) is 0.730. The second-order valence-electron chi connectivity index (χ2n) is 3.43. The highest BCUT2D eigenvalue weighted by atomic mass is 16.7. The molecule has 0 aromatic rings. The van der Waals surface area contributed by atoms with Crippen LogP contribution in [0.15, 0.2) is 0 Å². The van der Waals surface area contributed by atoms with Crippen molar-refractivity contribution < 1.29 is 9.63 Å². The van der Waals surface area contributed by atoms with E-state index in [-0.39, 0.29) is 11.3 Å². The van der Waals surface area contributed by atoms with Gasteiger partial charge in [0, 0.05) is 12.0 Å². The van der Waals surface area contributed by atoms with Gasteiger partial charge in [0.1, 0.15) is 0 Å². The van der Waals surface area contributed by atoms with Crippen LogP contribution in [0.2, 0.25) is 0 Å². The van der Waals surface area contributed by atoms with Crippen molar-refractivity contribution >= 4 is 5.91 Å². The molecule has 0 saturated heterocycles. The Morgan fingerprint density at radius 3 is 2.00 bits per heavy atom. The predicted octanol–water partition coefficient (Wildman–Crippen LogP) is 1.44. The number of hydrogen-bond acceptors (Lipinski definition) is 2. The van der Waals surface area contributed by atoms with E-state index in [1.54, 1.807) is 0 Å². The summed E-state index contributed by atoms with van der Waals surface area (Å²) in [5, 5.41) is 1.36. The van der Waals surface area contributed by atoms with Gasteiger partial charge < -0.3 is 0 Å². The standard InChI is InChI=1S/C8H17NO2/c1-6-9(11-5)7(10)8(2,3)4/h6H2,1-5H3. The first-order valence-electron chi connectivity index (χ1n) is 3.79. The second kappa shape index (κ2) is 3.72. The minimum Gasteiger partial charge on any atom is -0.274 e. The minimum atomic E-state index is -0.355. The molecule has 0 unspecified atom stereocenters. The van der Waals surface area contributed by atoms with Gasteiger partial charge in [-0.1, -0.05) is 20.8 Å². The number of rotatable bonds is 2. The Labute approximate surface area is 68.3 Å². The van der Waals surface area contributed by atoms with Gasteiger partial charge in [0.05, 0.1) is 7.11 Å². The van der Waals surface area contributed by atoms with Crippen LogP contribution >= 0.6 is 0 Å². The fraction of sp³-hybridized carbons (Fsp3) is 0.875. The number of amides is 1. The van der Waals surface area contributed by atoms with E-state index in [1.165, 1.54) is 12.2 Å². The van der Waals surface area contributed by atoms with Gasteiger partial charge in [0.25, 0.3) is 5.91 Å². The predicted molar refractivity (Wildman–Crippen MR) is 43.9 cm³/mol. The van der Waals surface area contributed by atoms with Gasteiger partial charge >= 0.3 is 0 Å². The minimum absolute atomic E-state index is 0.0162. The number of hydrogen-bond donors (Lipinski definition) is 0. The number of nitrogens with zero attached hydrogens (tertiary/aromatic N) is 1. The molecular formula is C8H17NO2. The van der Waals surface area contributed by atoms with Crippen LogP contribution < -0.4 is 0 Å². The molecule has 11 heavy (non-hydrogen) atoms. The van der Waals surface area contributed by atoms with Crippen LogP contribution in [0.1, 0.15) is 27.7 Å². The Kier molecular flexibility index (Phi) is 3.52. The van der Waals surface area contributed by atoms with Crippen LogP contribution in [-0.2, 0) is 9.63 Å². The first kappa shape index (κ1) is 10.4. The Hall–Kier alpha value is -0.570. The van der Waals surface area contributed by atoms with E-state index < -0.39 is 0 Å². The molecule has 0 radical (unpaired) electrons. The molecule has 0 spiro atoms. The quantitative estimate of drug-likeness (QED) is 0.571. The first-order valence-corrected chi connectivity index (χ1v) is 3.79. The molecule has 1 amide bonds. The molecule has 0 aliphatic rings. The van der Waals surface area contributed by atoms with Crippen molar-refractivity contribution in [3.05, 3.63) is 0 Å². The molecule has 66 valence electrons. The van der Waals surface area contributed by atoms with E-state index in [0.29, 0.717) is 6.54 Å². The van der Waals surface area contributed by atoms with Gasteiger partial charge in [-0.05, 0) is 6.92 Å². The van der Waals surface area contributed by atoms with Crippen molar-refractivity contribution in [2.24, 2.45) is 5.41 Å². The van der Waals surface area contributed by atoms with Gasteiger partial charge in [0.15, 0.2) is 0 Å². The maximum atomic E-state index is 11.4. The molecule has 0 heterocycles. The largest absolute Gasteiger partial charge is 0.274 e. The maximum Gasteiger partial charge on any atom is 0.251 e. The molecule has 0 bridgehead atoms. The van der Waals surface area contributed by atoms with Gasteiger partial charge in [0.2, 0.25) is 0 Å². The Morgan fingerprint density at radius 2 is 1.91 bits per heavy atom. The summed E-state index contributed by atoms with van der Waals surface area (Å²) < 4.78 is 0. The van der Waals surface area contributed by atoms with Crippen LogP contribution in [0.25, 0.3) is 0 Å². The lowest BCUT2D eigenvalue weighted by molar-refractivity contribution is -0.183. The smallest absolute Gasteiger partial charge is 0.251 e. The highest BCUT2D eigenvalue weighted by Gasteiger charge is 2.26. The van der Waals surface area contributed by atoms with Gasteiger partial charge in [-0.3, -0.25) is 9.63 Å². The van der Waals surface area contributed by atoms with Crippen molar-refractivity contribution in [1.29, 1.82) is 0 Å². The zero-order valence-electron chi connectivity index (χ0n) is 7.97. The van der Waals surface area contributed by atoms with Gasteiger partial charge in [-0.2, -0.15) is 0 Å². The molecule has 0 aromatic heterocycles. The fourth-order valence-corrected chi connectivity index (χ4v) is 0.730. The monoisotopic (exact) mass is 159 g/mol. The molecule has 0 saturated carbocycles. The summed E-state index contributed by atoms with van der Waals surface area (Å²) in [6, 6.07) is 0. The third-order valence-corrected chi connectivity index (χ3v) is 1.38. The summed E-state index contributed by atoms with van der Waals surface area (Å²) in [4.78, 5) is 16.3. The lowest BCUT2D eigenvalue weighted by atomic mass is 9.95. The topological polar surface area (TPSA) is 29.5 Å². The highest BCUT2D eigenvalue weighted by molar-refractivity contribution is 5.80. The number of carbonyl (C=O) groups excluding carboxylic acids is 1. The lowest BCUT2D eigenvalue weighted by Crippen LogP contribution is -2.38. The SMILES string of the molecule is CCN(OC)C(=O)C(C)(C)C. The van der Waals surface area contributed by atoms with E-state index in [9.17, 15) is 4.79 Å². The number of hydroxylamine groups is 2. The van der Waals surface area contributed by atoms with E-state index in [4.69, 9.17) is 4.84 Å². The zero-order chi connectivity index (χ0) is 9.07. The summed E-state index contributed by atoms with van der Waals surface area (Å²) in [5.74, 6) is 0.0162. The zero-order valence-corrected chi connectivity index (χ0v) is 7.97. The Bertz CT molecular complexity index is 134. The summed E-state index contributed by atoms with van der Waals surface area (Å²) in [7, 11) is 1.51. The molecule has 0 fully saturated rings. The second-order valence-corrected chi connectivity index (χ2v) is 3.43. The summed E-state index contributed by atoms with van der Waals surface area (Å²) in [6.45, 7) is 8.09. The van der Waals surface area contributed by atoms with Crippen molar-refractivity contribution in [1.82, 2.24) is 5.06 Å². The Morgan fingerprint density at radius 1 is 1.45 bits per heavy atom. The van der Waals surface area contributed by atoms with E-state index in [0.717, 1.165) is 0 Å². The van der Waals surface area contributed by atoms with Crippen molar-refractivity contribution in [2.45, 2.75) is 27.7 Å². The van der Waals surface area contributed by atoms with Crippen LogP contribution in [0.3, 0.4) is 0 Å². The van der Waals surface area contributed by atoms with Crippen molar-refractivity contribution in [3.63, 3.8) is 0 Å². The van der Waals surface area contributed by atoms with Crippen molar-refractivity contribution in [2.75, 3.05) is 13.7 Å². The lowest BCUT2D eigenvalue weighted by Gasteiger charge is -2.25. The van der Waals surface area contributed by atoms with Gasteiger partial charge in [-0.25, -0.2) is 5.06 Å². The molecule has 3 nitrogen and oxygen atoms in total. The first-order chi connectivity index (χ1) is 4.93. The summed E-state index contributed by atoms with van der Waals surface area (Å²) in [6.07, 6.45) is 0. The molecule has 0 aliphatic heterocycles. The molecule has 0 aromatic carbocycles. The van der Waals surface area contributed by atoms with Crippen molar-refractivity contribution in [3.8, 4) is 0 Å². The third kappa shape index (κ3) is 2.89. The van der Waals surface area contributed by atoms with Crippen LogP contribution in [0.5, 0.6) is 0 Å². The molecule has 0 atom stereocenters. The third-order valence-electron chi connectivity index (χ3n) is 1.38. The molecule has 3 heteroatoms. The van der Waals surface area contributed by atoms with Crippen LogP contribution in [0.4, 0.5) is 0 Å². The molecule has 0 N–H and O–H groups in total. The Balaban J connectivity index is 4.22. The average Bonchev–Trinajstić information content (AvgIpc) is 1.88. The van der Waals surface area contributed by atoms with E-state index in [2.05, 4.69) is 0 Å². The van der Waals surface area contributed by atoms with E-state index >= 15 is 0 Å². The van der Waals surface area contributed by atoms with Crippen LogP contribution in [0, 0.1) is 5.41 Å². The molecule has 0 rings (SSSR count). The number of carbonyl (C=O) groups is 1. The van der Waals surface area contributed by atoms with Gasteiger partial charge in [-0.15, -0.1) is 0 Å². The van der Waals surface area contributed by atoms with Crippen LogP contribution in [-0.4, -0.2) is 24.6 Å². The average molecular weight is 159 g/mol.